The van der Waals surface area contributed by atoms with Gasteiger partial charge in [-0.3, -0.25) is 29.4 Å². The summed E-state index contributed by atoms with van der Waals surface area (Å²) in [5.74, 6) is -1.94. The van der Waals surface area contributed by atoms with Gasteiger partial charge in [0.2, 0.25) is 11.8 Å². The highest BCUT2D eigenvalue weighted by molar-refractivity contribution is 6.24. The molecule has 1 aromatic rings. The normalized spacial score (nSPS) is 21.2. The molecule has 1 fully saturated rings. The molecule has 2 unspecified atom stereocenters. The van der Waals surface area contributed by atoms with Crippen LogP contribution in [0.15, 0.2) is 18.2 Å². The minimum absolute atomic E-state index is 0.0770. The van der Waals surface area contributed by atoms with Crippen molar-refractivity contribution in [1.29, 1.82) is 0 Å². The summed E-state index contributed by atoms with van der Waals surface area (Å²) in [6, 6.07) is 3.48. The average Bonchev–Trinajstić information content (AvgIpc) is 2.84. The molecule has 3 N–H and O–H groups in total. The molecule has 27 heavy (non-hydrogen) atoms. The molecular weight excluding hydrogens is 350 g/mol. The molecule has 8 nitrogen and oxygen atoms in total. The van der Waals surface area contributed by atoms with Crippen LogP contribution in [0.3, 0.4) is 0 Å². The lowest BCUT2D eigenvalue weighted by Crippen LogP contribution is -2.54. The van der Waals surface area contributed by atoms with Crippen molar-refractivity contribution >= 4 is 23.6 Å². The summed E-state index contributed by atoms with van der Waals surface area (Å²) in [6.45, 7) is 6.13. The first-order chi connectivity index (χ1) is 12.6. The Morgan fingerprint density at radius 3 is 2.56 bits per heavy atom. The van der Waals surface area contributed by atoms with E-state index in [1.807, 2.05) is 20.8 Å². The molecular formula is C19H23N3O5. The molecule has 4 amide bonds. The number of fused-ring (bicyclic) bond motifs is 1. The van der Waals surface area contributed by atoms with E-state index in [1.165, 1.54) is 6.07 Å². The van der Waals surface area contributed by atoms with Crippen LogP contribution in [0.5, 0.6) is 5.75 Å². The van der Waals surface area contributed by atoms with Crippen molar-refractivity contribution in [3.05, 3.63) is 29.3 Å². The lowest BCUT2D eigenvalue weighted by atomic mass is 9.88. The number of hydrogen-bond acceptors (Lipinski definition) is 6. The summed E-state index contributed by atoms with van der Waals surface area (Å²) < 4.78 is 5.76. The minimum atomic E-state index is -1.00. The fourth-order valence-corrected chi connectivity index (χ4v) is 3.03. The highest BCUT2D eigenvalue weighted by Gasteiger charge is 2.46. The third kappa shape index (κ3) is 3.44. The molecule has 2 atom stereocenters. The number of ether oxygens (including phenoxy) is 1. The smallest absolute Gasteiger partial charge is 0.266 e. The van der Waals surface area contributed by atoms with Gasteiger partial charge < -0.3 is 10.5 Å². The lowest BCUT2D eigenvalue weighted by molar-refractivity contribution is -0.136. The van der Waals surface area contributed by atoms with Crippen molar-refractivity contribution in [1.82, 2.24) is 10.2 Å². The number of nitrogens with two attached hydrogens (primary N) is 1. The van der Waals surface area contributed by atoms with Gasteiger partial charge in [0.15, 0.2) is 0 Å². The van der Waals surface area contributed by atoms with Crippen LogP contribution in [0, 0.1) is 5.41 Å². The van der Waals surface area contributed by atoms with E-state index in [2.05, 4.69) is 5.32 Å². The fourth-order valence-electron chi connectivity index (χ4n) is 3.03. The quantitative estimate of drug-likeness (QED) is 0.755. The predicted molar refractivity (Wildman–Crippen MR) is 96.0 cm³/mol. The van der Waals surface area contributed by atoms with E-state index in [-0.39, 0.29) is 47.8 Å². The fraction of sp³-hybridized carbons (Fsp3) is 0.474. The number of nitrogens with zero attached hydrogens (tertiary/aromatic N) is 1. The standard InChI is InChI=1S/C19H23N3O5/c1-19(2,3)13(20)9-27-12-6-4-5-10-15(12)18(26)22(17(10)25)11-7-8-14(23)21-16(11)24/h4-6,11,13H,7-9,20H2,1-3H3,(H,21,23,24). The van der Waals surface area contributed by atoms with E-state index in [1.54, 1.807) is 12.1 Å². The zero-order valence-corrected chi connectivity index (χ0v) is 15.6. The molecule has 2 aliphatic heterocycles. The zero-order chi connectivity index (χ0) is 19.9. The zero-order valence-electron chi connectivity index (χ0n) is 15.6. The molecule has 1 aromatic carbocycles. The summed E-state index contributed by atoms with van der Waals surface area (Å²) in [4.78, 5) is 50.1. The van der Waals surface area contributed by atoms with E-state index < -0.39 is 29.7 Å². The number of amides is 4. The highest BCUT2D eigenvalue weighted by Crippen LogP contribution is 2.34. The molecule has 0 aromatic heterocycles. The van der Waals surface area contributed by atoms with Crippen molar-refractivity contribution in [2.45, 2.75) is 45.7 Å². The third-order valence-electron chi connectivity index (χ3n) is 4.96. The first-order valence-electron chi connectivity index (χ1n) is 8.84. The molecule has 1 saturated heterocycles. The van der Waals surface area contributed by atoms with Gasteiger partial charge in [-0.05, 0) is 24.0 Å². The molecule has 2 heterocycles. The molecule has 0 radical (unpaired) electrons. The van der Waals surface area contributed by atoms with Crippen LogP contribution in [-0.4, -0.2) is 47.2 Å². The van der Waals surface area contributed by atoms with Crippen LogP contribution < -0.4 is 15.8 Å². The topological polar surface area (TPSA) is 119 Å². The van der Waals surface area contributed by atoms with Gasteiger partial charge in [0.25, 0.3) is 11.8 Å². The Hall–Kier alpha value is -2.74. The lowest BCUT2D eigenvalue weighted by Gasteiger charge is -2.28. The molecule has 3 rings (SSSR count). The molecule has 0 spiro atoms. The second kappa shape index (κ2) is 6.77. The SMILES string of the molecule is CC(C)(C)C(N)COc1cccc2c1C(=O)N(C1CCC(=O)NC1=O)C2=O. The number of rotatable bonds is 4. The van der Waals surface area contributed by atoms with Crippen molar-refractivity contribution in [3.8, 4) is 5.75 Å². The van der Waals surface area contributed by atoms with Crippen LogP contribution in [0.2, 0.25) is 0 Å². The summed E-state index contributed by atoms with van der Waals surface area (Å²) in [7, 11) is 0. The highest BCUT2D eigenvalue weighted by atomic mass is 16.5. The van der Waals surface area contributed by atoms with Gasteiger partial charge in [-0.2, -0.15) is 0 Å². The van der Waals surface area contributed by atoms with Crippen LogP contribution in [-0.2, 0) is 9.59 Å². The number of carbonyl (C=O) groups is 4. The molecule has 2 aliphatic rings. The van der Waals surface area contributed by atoms with Gasteiger partial charge >= 0.3 is 0 Å². The van der Waals surface area contributed by atoms with E-state index >= 15 is 0 Å². The van der Waals surface area contributed by atoms with E-state index in [9.17, 15) is 19.2 Å². The molecule has 8 heteroatoms. The molecule has 0 bridgehead atoms. The molecule has 144 valence electrons. The number of piperidine rings is 1. The first kappa shape index (κ1) is 19.0. The number of benzene rings is 1. The maximum atomic E-state index is 12.9. The van der Waals surface area contributed by atoms with Crippen LogP contribution in [0.4, 0.5) is 0 Å². The van der Waals surface area contributed by atoms with Crippen molar-refractivity contribution in [2.24, 2.45) is 11.1 Å². The largest absolute Gasteiger partial charge is 0.491 e. The number of imide groups is 2. The second-order valence-electron chi connectivity index (χ2n) is 7.91. The summed E-state index contributed by atoms with van der Waals surface area (Å²) in [5, 5.41) is 2.17. The minimum Gasteiger partial charge on any atom is -0.491 e. The third-order valence-corrected chi connectivity index (χ3v) is 4.96. The maximum absolute atomic E-state index is 12.9. The number of carbonyl (C=O) groups excluding carboxylic acids is 4. The first-order valence-corrected chi connectivity index (χ1v) is 8.84. The Morgan fingerprint density at radius 2 is 1.93 bits per heavy atom. The van der Waals surface area contributed by atoms with Gasteiger partial charge in [0.05, 0.1) is 11.1 Å². The van der Waals surface area contributed by atoms with Gasteiger partial charge in [-0.15, -0.1) is 0 Å². The van der Waals surface area contributed by atoms with Crippen LogP contribution in [0.25, 0.3) is 0 Å². The van der Waals surface area contributed by atoms with Gasteiger partial charge in [-0.25, -0.2) is 0 Å². The van der Waals surface area contributed by atoms with Crippen molar-refractivity contribution < 1.29 is 23.9 Å². The Bertz CT molecular complexity index is 827. The Labute approximate surface area is 157 Å². The van der Waals surface area contributed by atoms with Crippen molar-refractivity contribution in [3.63, 3.8) is 0 Å². The van der Waals surface area contributed by atoms with Crippen LogP contribution in [0.1, 0.15) is 54.3 Å². The Morgan fingerprint density at radius 1 is 1.22 bits per heavy atom. The van der Waals surface area contributed by atoms with Crippen LogP contribution >= 0.6 is 0 Å². The van der Waals surface area contributed by atoms with E-state index in [4.69, 9.17) is 10.5 Å². The monoisotopic (exact) mass is 373 g/mol. The molecule has 0 saturated carbocycles. The van der Waals surface area contributed by atoms with Gasteiger partial charge in [0, 0.05) is 12.5 Å². The second-order valence-corrected chi connectivity index (χ2v) is 7.91. The summed E-state index contributed by atoms with van der Waals surface area (Å²) >= 11 is 0. The maximum Gasteiger partial charge on any atom is 0.266 e. The van der Waals surface area contributed by atoms with Gasteiger partial charge in [0.1, 0.15) is 18.4 Å². The van der Waals surface area contributed by atoms with E-state index in [0.29, 0.717) is 0 Å². The molecule has 0 aliphatic carbocycles. The Balaban J connectivity index is 1.86. The van der Waals surface area contributed by atoms with E-state index in [0.717, 1.165) is 4.90 Å². The summed E-state index contributed by atoms with van der Waals surface area (Å²) in [6.07, 6.45) is 0.189. The summed E-state index contributed by atoms with van der Waals surface area (Å²) in [5.41, 5.74) is 6.24. The Kier molecular flexibility index (Phi) is 4.77. The average molecular weight is 373 g/mol. The number of nitrogens with one attached hydrogen (secondary N) is 1. The van der Waals surface area contributed by atoms with Crippen molar-refractivity contribution in [2.75, 3.05) is 6.61 Å². The van der Waals surface area contributed by atoms with Gasteiger partial charge in [-0.1, -0.05) is 26.8 Å². The predicted octanol–water partition coefficient (Wildman–Crippen LogP) is 0.840. The number of hydrogen-bond donors (Lipinski definition) is 2.